The van der Waals surface area contributed by atoms with Crippen LogP contribution in [0.3, 0.4) is 0 Å². The minimum atomic E-state index is -0.583. The number of methoxy groups -OCH3 is 1. The molecule has 0 unspecified atom stereocenters. The molecule has 0 amide bonds. The lowest BCUT2D eigenvalue weighted by Gasteiger charge is -2.11. The summed E-state index contributed by atoms with van der Waals surface area (Å²) in [6.07, 6.45) is 3.51. The van der Waals surface area contributed by atoms with Crippen molar-refractivity contribution in [1.29, 1.82) is 0 Å². The summed E-state index contributed by atoms with van der Waals surface area (Å²) in [7, 11) is 1.30. The van der Waals surface area contributed by atoms with Gasteiger partial charge in [-0.25, -0.2) is 9.78 Å². The van der Waals surface area contributed by atoms with Gasteiger partial charge >= 0.3 is 5.97 Å². The van der Waals surface area contributed by atoms with E-state index < -0.39 is 5.97 Å². The van der Waals surface area contributed by atoms with Crippen molar-refractivity contribution in [3.05, 3.63) is 78.6 Å². The van der Waals surface area contributed by atoms with Crippen LogP contribution < -0.4 is 4.74 Å². The predicted molar refractivity (Wildman–Crippen MR) is 107 cm³/mol. The molecule has 2 heterocycles. The Bertz CT molecular complexity index is 1200. The molecule has 4 aromatic rings. The van der Waals surface area contributed by atoms with Gasteiger partial charge in [-0.15, -0.1) is 0 Å². The number of carbonyl (C=O) groups is 1. The van der Waals surface area contributed by atoms with Crippen molar-refractivity contribution < 1.29 is 14.3 Å². The van der Waals surface area contributed by atoms with Gasteiger partial charge in [0.2, 0.25) is 0 Å². The molecule has 2 aromatic heterocycles. The number of aromatic amines is 1. The molecular formula is C23H16N2O3. The van der Waals surface area contributed by atoms with Crippen molar-refractivity contribution in [1.82, 2.24) is 9.97 Å². The maximum absolute atomic E-state index is 11.3. The van der Waals surface area contributed by atoms with Gasteiger partial charge in [0.25, 0.3) is 0 Å². The summed E-state index contributed by atoms with van der Waals surface area (Å²) < 4.78 is 10.6. The van der Waals surface area contributed by atoms with Crippen molar-refractivity contribution >= 4 is 17.0 Å². The van der Waals surface area contributed by atoms with Crippen LogP contribution in [0.25, 0.3) is 22.2 Å². The molecule has 1 N–H and O–H groups in total. The summed E-state index contributed by atoms with van der Waals surface area (Å²) in [5.74, 6) is 6.18. The van der Waals surface area contributed by atoms with Gasteiger partial charge in [-0.1, -0.05) is 42.3 Å². The topological polar surface area (TPSA) is 64.2 Å². The third kappa shape index (κ3) is 3.57. The Kier molecular flexibility index (Phi) is 4.77. The summed E-state index contributed by atoms with van der Waals surface area (Å²) in [6.45, 7) is 0. The van der Waals surface area contributed by atoms with E-state index in [9.17, 15) is 4.79 Å². The number of H-pyrrole nitrogens is 1. The highest BCUT2D eigenvalue weighted by Crippen LogP contribution is 2.34. The van der Waals surface area contributed by atoms with E-state index >= 15 is 0 Å². The molecule has 0 radical (unpaired) electrons. The fourth-order valence-electron chi connectivity index (χ4n) is 2.83. The molecular weight excluding hydrogens is 352 g/mol. The zero-order chi connectivity index (χ0) is 19.3. The first-order valence-electron chi connectivity index (χ1n) is 8.64. The lowest BCUT2D eigenvalue weighted by Crippen LogP contribution is -1.94. The van der Waals surface area contributed by atoms with Gasteiger partial charge in [0.05, 0.1) is 12.7 Å². The monoisotopic (exact) mass is 368 g/mol. The zero-order valence-electron chi connectivity index (χ0n) is 15.1. The number of para-hydroxylation sites is 2. The van der Waals surface area contributed by atoms with Crippen LogP contribution in [0.4, 0.5) is 0 Å². The van der Waals surface area contributed by atoms with Crippen molar-refractivity contribution in [3.63, 3.8) is 0 Å². The minimum absolute atomic E-state index is 0.583. The highest BCUT2D eigenvalue weighted by Gasteiger charge is 2.10. The highest BCUT2D eigenvalue weighted by atomic mass is 16.5. The van der Waals surface area contributed by atoms with E-state index in [-0.39, 0.29) is 0 Å². The molecule has 5 heteroatoms. The van der Waals surface area contributed by atoms with Gasteiger partial charge in [0.1, 0.15) is 17.1 Å². The molecule has 0 saturated carbocycles. The molecule has 4 rings (SSSR count). The number of carbonyl (C=O) groups excluding carboxylic acids is 1. The highest BCUT2D eigenvalue weighted by molar-refractivity contribution is 5.92. The van der Waals surface area contributed by atoms with E-state index in [1.807, 2.05) is 60.7 Å². The number of aromatic nitrogens is 2. The Morgan fingerprint density at radius 2 is 1.86 bits per heavy atom. The van der Waals surface area contributed by atoms with Crippen LogP contribution in [0.5, 0.6) is 11.5 Å². The van der Waals surface area contributed by atoms with Crippen molar-refractivity contribution in [3.8, 4) is 34.5 Å². The molecule has 136 valence electrons. The Labute approximate surface area is 162 Å². The Morgan fingerprint density at radius 1 is 1.07 bits per heavy atom. The first-order chi connectivity index (χ1) is 13.7. The number of benzene rings is 2. The molecule has 0 atom stereocenters. The number of pyridine rings is 1. The van der Waals surface area contributed by atoms with Crippen molar-refractivity contribution in [2.75, 3.05) is 7.11 Å². The molecule has 0 spiro atoms. The average Bonchev–Trinajstić information content (AvgIpc) is 3.15. The smallest absolute Gasteiger partial charge is 0.384 e. The maximum atomic E-state index is 11.3. The van der Waals surface area contributed by atoms with Gasteiger partial charge in [-0.05, 0) is 24.3 Å². The summed E-state index contributed by atoms with van der Waals surface area (Å²) in [5.41, 5.74) is 3.17. The van der Waals surface area contributed by atoms with Crippen LogP contribution >= 0.6 is 0 Å². The Balaban J connectivity index is 1.75. The molecule has 0 aliphatic carbocycles. The molecule has 5 nitrogen and oxygen atoms in total. The van der Waals surface area contributed by atoms with Gasteiger partial charge in [0.15, 0.2) is 0 Å². The number of nitrogens with zero attached hydrogens (tertiary/aromatic N) is 1. The normalized spacial score (nSPS) is 10.2. The van der Waals surface area contributed by atoms with Crippen molar-refractivity contribution in [2.45, 2.75) is 0 Å². The van der Waals surface area contributed by atoms with E-state index in [1.54, 1.807) is 12.4 Å². The van der Waals surface area contributed by atoms with Crippen LogP contribution in [0.15, 0.2) is 73.1 Å². The van der Waals surface area contributed by atoms with Crippen LogP contribution in [0, 0.1) is 11.8 Å². The average molecular weight is 368 g/mol. The second kappa shape index (κ2) is 7.68. The molecule has 28 heavy (non-hydrogen) atoms. The largest absolute Gasteiger partial charge is 0.459 e. The standard InChI is InChI=1S/C23H16N2O3/c1-27-22(26)12-11-16-14-24-23-20(16)13-17(15-25-23)19-9-5-6-10-21(19)28-18-7-3-2-4-8-18/h2-10,13-15H,1H3,(H,24,25). The Morgan fingerprint density at radius 3 is 2.68 bits per heavy atom. The summed E-state index contributed by atoms with van der Waals surface area (Å²) >= 11 is 0. The lowest BCUT2D eigenvalue weighted by atomic mass is 10.0. The fourth-order valence-corrected chi connectivity index (χ4v) is 2.83. The van der Waals surface area contributed by atoms with Crippen LogP contribution in [0.1, 0.15) is 5.56 Å². The van der Waals surface area contributed by atoms with Gasteiger partial charge < -0.3 is 14.5 Å². The van der Waals surface area contributed by atoms with Crippen LogP contribution in [-0.4, -0.2) is 23.0 Å². The predicted octanol–water partition coefficient (Wildman–Crippen LogP) is 4.55. The van der Waals surface area contributed by atoms with E-state index in [1.165, 1.54) is 7.11 Å². The van der Waals surface area contributed by atoms with Gasteiger partial charge in [0, 0.05) is 34.8 Å². The number of hydrogen-bond donors (Lipinski definition) is 1. The van der Waals surface area contributed by atoms with E-state index in [0.717, 1.165) is 28.0 Å². The van der Waals surface area contributed by atoms with Crippen molar-refractivity contribution in [2.24, 2.45) is 0 Å². The van der Waals surface area contributed by atoms with E-state index in [4.69, 9.17) is 4.74 Å². The number of hydrogen-bond acceptors (Lipinski definition) is 4. The second-order valence-electron chi connectivity index (χ2n) is 5.98. The first-order valence-corrected chi connectivity index (χ1v) is 8.64. The molecule has 0 bridgehead atoms. The molecule has 0 aliphatic heterocycles. The number of esters is 1. The summed E-state index contributed by atoms with van der Waals surface area (Å²) in [5, 5.41) is 0.823. The molecule has 0 saturated heterocycles. The Hall–Kier alpha value is -4.04. The number of ether oxygens (including phenoxy) is 2. The van der Waals surface area contributed by atoms with E-state index in [0.29, 0.717) is 11.2 Å². The van der Waals surface area contributed by atoms with Crippen LogP contribution in [-0.2, 0) is 9.53 Å². The summed E-state index contributed by atoms with van der Waals surface area (Å²) in [6, 6.07) is 19.4. The third-order valence-corrected chi connectivity index (χ3v) is 4.18. The molecule has 0 aliphatic rings. The third-order valence-electron chi connectivity index (χ3n) is 4.18. The maximum Gasteiger partial charge on any atom is 0.384 e. The molecule has 0 fully saturated rings. The quantitative estimate of drug-likeness (QED) is 0.426. The number of fused-ring (bicyclic) bond motifs is 1. The SMILES string of the molecule is COC(=O)C#Cc1c[nH]c2ncc(-c3ccccc3Oc3ccccc3)cc12. The lowest BCUT2D eigenvalue weighted by molar-refractivity contribution is -0.133. The number of nitrogens with one attached hydrogen (secondary N) is 1. The first kappa shape index (κ1) is 17.4. The number of rotatable bonds is 3. The summed E-state index contributed by atoms with van der Waals surface area (Å²) in [4.78, 5) is 18.9. The van der Waals surface area contributed by atoms with Crippen LogP contribution in [0.2, 0.25) is 0 Å². The van der Waals surface area contributed by atoms with E-state index in [2.05, 4.69) is 26.5 Å². The minimum Gasteiger partial charge on any atom is -0.459 e. The van der Waals surface area contributed by atoms with Gasteiger partial charge in [-0.3, -0.25) is 0 Å². The fraction of sp³-hybridized carbons (Fsp3) is 0.0435. The zero-order valence-corrected chi connectivity index (χ0v) is 15.1. The van der Waals surface area contributed by atoms with Gasteiger partial charge in [-0.2, -0.15) is 0 Å². The molecule has 2 aromatic carbocycles. The second-order valence-corrected chi connectivity index (χ2v) is 5.98.